The molecular formula is C19H41N. The Hall–Kier alpha value is -0.0400. The molecule has 0 atom stereocenters. The molecule has 0 aromatic heterocycles. The smallest absolute Gasteiger partial charge is 0.00489 e. The van der Waals surface area contributed by atoms with E-state index < -0.39 is 0 Å². The molecule has 0 aliphatic carbocycles. The van der Waals surface area contributed by atoms with Gasteiger partial charge in [-0.2, -0.15) is 0 Å². The van der Waals surface area contributed by atoms with Gasteiger partial charge in [0, 0.05) is 0 Å². The molecule has 0 rings (SSSR count). The average molecular weight is 284 g/mol. The summed E-state index contributed by atoms with van der Waals surface area (Å²) in [6.07, 6.45) is 16.9. The number of rotatable bonds is 14. The van der Waals surface area contributed by atoms with E-state index in [2.05, 4.69) is 33.0 Å². The van der Waals surface area contributed by atoms with Crippen molar-refractivity contribution in [3.63, 3.8) is 0 Å². The highest BCUT2D eigenvalue weighted by Gasteiger charge is 2.08. The molecule has 0 heterocycles. The second-order valence-electron chi connectivity index (χ2n) is 7.60. The lowest BCUT2D eigenvalue weighted by molar-refractivity contribution is 0.356. The first kappa shape index (κ1) is 20.0. The molecule has 0 bridgehead atoms. The number of unbranched alkanes of at least 4 members (excludes halogenated alkanes) is 9. The van der Waals surface area contributed by atoms with Crippen molar-refractivity contribution < 1.29 is 0 Å². The summed E-state index contributed by atoms with van der Waals surface area (Å²) in [5, 5.41) is 3.57. The fourth-order valence-corrected chi connectivity index (χ4v) is 2.59. The highest BCUT2D eigenvalue weighted by Crippen LogP contribution is 2.22. The highest BCUT2D eigenvalue weighted by atomic mass is 14.8. The second-order valence-corrected chi connectivity index (χ2v) is 7.60. The minimum atomic E-state index is 0.531. The molecule has 0 amide bonds. The largest absolute Gasteiger partial charge is 0.317 e. The van der Waals surface area contributed by atoms with E-state index in [4.69, 9.17) is 0 Å². The lowest BCUT2D eigenvalue weighted by atomic mass is 9.89. The molecule has 0 aromatic carbocycles. The van der Waals surface area contributed by atoms with E-state index in [0.717, 1.165) is 0 Å². The normalized spacial score (nSPS) is 12.0. The summed E-state index contributed by atoms with van der Waals surface area (Å²) in [5.41, 5.74) is 0.531. The minimum absolute atomic E-state index is 0.531. The van der Waals surface area contributed by atoms with Crippen molar-refractivity contribution in [2.45, 2.75) is 105 Å². The molecule has 0 saturated heterocycles. The third-order valence-electron chi connectivity index (χ3n) is 3.99. The first-order valence-electron chi connectivity index (χ1n) is 9.27. The van der Waals surface area contributed by atoms with Gasteiger partial charge in [0.1, 0.15) is 0 Å². The van der Waals surface area contributed by atoms with E-state index in [9.17, 15) is 0 Å². The molecule has 122 valence electrons. The van der Waals surface area contributed by atoms with Gasteiger partial charge in [-0.25, -0.2) is 0 Å². The van der Waals surface area contributed by atoms with Gasteiger partial charge in [-0.1, -0.05) is 85.5 Å². The van der Waals surface area contributed by atoms with Gasteiger partial charge in [-0.05, 0) is 37.8 Å². The first-order valence-corrected chi connectivity index (χ1v) is 9.27. The van der Waals surface area contributed by atoms with Crippen LogP contribution in [0.4, 0.5) is 0 Å². The Morgan fingerprint density at radius 3 is 1.55 bits per heavy atom. The maximum absolute atomic E-state index is 3.57. The summed E-state index contributed by atoms with van der Waals surface area (Å²) in [7, 11) is 0. The monoisotopic (exact) mass is 283 g/mol. The quantitative estimate of drug-likeness (QED) is 0.368. The summed E-state index contributed by atoms with van der Waals surface area (Å²) in [4.78, 5) is 0. The van der Waals surface area contributed by atoms with Gasteiger partial charge >= 0.3 is 0 Å². The van der Waals surface area contributed by atoms with Crippen molar-refractivity contribution in [1.29, 1.82) is 0 Å². The van der Waals surface area contributed by atoms with Crippen molar-refractivity contribution in [1.82, 2.24) is 5.32 Å². The molecule has 1 N–H and O–H groups in total. The van der Waals surface area contributed by atoms with Crippen LogP contribution in [-0.2, 0) is 0 Å². The van der Waals surface area contributed by atoms with Crippen molar-refractivity contribution in [2.24, 2.45) is 5.41 Å². The number of hydrogen-bond acceptors (Lipinski definition) is 1. The Kier molecular flexibility index (Phi) is 13.9. The average Bonchev–Trinajstić information content (AvgIpc) is 2.38. The van der Waals surface area contributed by atoms with Gasteiger partial charge < -0.3 is 5.32 Å². The lowest BCUT2D eigenvalue weighted by Gasteiger charge is -2.17. The molecule has 0 saturated carbocycles. The minimum Gasteiger partial charge on any atom is -0.317 e. The van der Waals surface area contributed by atoms with Gasteiger partial charge in [0.25, 0.3) is 0 Å². The topological polar surface area (TPSA) is 12.0 Å². The molecule has 0 aromatic rings. The summed E-state index contributed by atoms with van der Waals surface area (Å²) in [6, 6.07) is 0. The predicted molar refractivity (Wildman–Crippen MR) is 93.4 cm³/mol. The Labute approximate surface area is 129 Å². The fourth-order valence-electron chi connectivity index (χ4n) is 2.59. The fraction of sp³-hybridized carbons (Fsp3) is 1.00. The standard InChI is InChI=1S/C19H41N/c1-5-6-7-14-17-20-18-15-12-10-8-9-11-13-16-19(2,3)4/h20H,5-18H2,1-4H3. The second kappa shape index (κ2) is 13.9. The van der Waals surface area contributed by atoms with Crippen molar-refractivity contribution in [3.8, 4) is 0 Å². The molecule has 0 radical (unpaired) electrons. The van der Waals surface area contributed by atoms with Gasteiger partial charge in [0.2, 0.25) is 0 Å². The van der Waals surface area contributed by atoms with Crippen LogP contribution in [0.2, 0.25) is 0 Å². The van der Waals surface area contributed by atoms with Gasteiger partial charge in [-0.15, -0.1) is 0 Å². The van der Waals surface area contributed by atoms with Crippen LogP contribution in [0.5, 0.6) is 0 Å². The van der Waals surface area contributed by atoms with E-state index in [0.29, 0.717) is 5.41 Å². The molecule has 0 unspecified atom stereocenters. The lowest BCUT2D eigenvalue weighted by Crippen LogP contribution is -2.16. The van der Waals surface area contributed by atoms with Gasteiger partial charge in [-0.3, -0.25) is 0 Å². The molecule has 0 aliphatic rings. The van der Waals surface area contributed by atoms with Crippen molar-refractivity contribution >= 4 is 0 Å². The van der Waals surface area contributed by atoms with Crippen molar-refractivity contribution in [2.75, 3.05) is 13.1 Å². The van der Waals surface area contributed by atoms with Crippen LogP contribution < -0.4 is 5.32 Å². The first-order chi connectivity index (χ1) is 9.56. The van der Waals surface area contributed by atoms with E-state index in [1.165, 1.54) is 90.1 Å². The van der Waals surface area contributed by atoms with Gasteiger partial charge in [0.05, 0.1) is 0 Å². The molecule has 0 spiro atoms. The predicted octanol–water partition coefficient (Wildman–Crippen LogP) is 6.32. The van der Waals surface area contributed by atoms with Crippen LogP contribution >= 0.6 is 0 Å². The van der Waals surface area contributed by atoms with Crippen LogP contribution in [0.15, 0.2) is 0 Å². The zero-order valence-electron chi connectivity index (χ0n) is 14.9. The SMILES string of the molecule is CCCCCCNCCCCCCCCCC(C)(C)C. The molecule has 0 fully saturated rings. The van der Waals surface area contributed by atoms with E-state index in [1.54, 1.807) is 0 Å². The van der Waals surface area contributed by atoms with Crippen LogP contribution in [0.3, 0.4) is 0 Å². The van der Waals surface area contributed by atoms with Crippen LogP contribution in [0, 0.1) is 5.41 Å². The zero-order valence-corrected chi connectivity index (χ0v) is 14.9. The van der Waals surface area contributed by atoms with E-state index in [1.807, 2.05) is 0 Å². The Bertz CT molecular complexity index is 181. The highest BCUT2D eigenvalue weighted by molar-refractivity contribution is 4.61. The maximum atomic E-state index is 3.57. The molecular weight excluding hydrogens is 242 g/mol. The van der Waals surface area contributed by atoms with Crippen LogP contribution in [0.25, 0.3) is 0 Å². The molecule has 1 nitrogen and oxygen atoms in total. The van der Waals surface area contributed by atoms with Gasteiger partial charge in [0.15, 0.2) is 0 Å². The summed E-state index contributed by atoms with van der Waals surface area (Å²) < 4.78 is 0. The maximum Gasteiger partial charge on any atom is -0.00489 e. The summed E-state index contributed by atoms with van der Waals surface area (Å²) >= 11 is 0. The van der Waals surface area contributed by atoms with Crippen LogP contribution in [-0.4, -0.2) is 13.1 Å². The number of hydrogen-bond donors (Lipinski definition) is 1. The van der Waals surface area contributed by atoms with E-state index in [-0.39, 0.29) is 0 Å². The Morgan fingerprint density at radius 1 is 0.600 bits per heavy atom. The molecule has 1 heteroatoms. The molecule has 0 aliphatic heterocycles. The third kappa shape index (κ3) is 18.0. The third-order valence-corrected chi connectivity index (χ3v) is 3.99. The molecule has 20 heavy (non-hydrogen) atoms. The summed E-state index contributed by atoms with van der Waals surface area (Å²) in [6.45, 7) is 11.8. The Balaban J connectivity index is 2.99. The Morgan fingerprint density at radius 2 is 1.05 bits per heavy atom. The van der Waals surface area contributed by atoms with Crippen LogP contribution in [0.1, 0.15) is 105 Å². The number of nitrogens with one attached hydrogen (secondary N) is 1. The zero-order chi connectivity index (χ0) is 15.1. The van der Waals surface area contributed by atoms with Crippen molar-refractivity contribution in [3.05, 3.63) is 0 Å². The summed E-state index contributed by atoms with van der Waals surface area (Å²) in [5.74, 6) is 0. The van der Waals surface area contributed by atoms with E-state index >= 15 is 0 Å².